The molecular formula is C19H25N3O3. The Kier molecular flexibility index (Phi) is 5.62. The van der Waals surface area contributed by atoms with Crippen LogP contribution in [0.4, 0.5) is 0 Å². The largest absolute Gasteiger partial charge is 0.480 e. The molecule has 1 atom stereocenters. The van der Waals surface area contributed by atoms with E-state index in [1.165, 1.54) is 0 Å². The maximum atomic E-state index is 12.4. The van der Waals surface area contributed by atoms with Crippen molar-refractivity contribution in [2.24, 2.45) is 0 Å². The fourth-order valence-electron chi connectivity index (χ4n) is 2.99. The number of carbonyl (C=O) groups excluding carboxylic acids is 1. The number of aromatic nitrogens is 2. The molecule has 0 bridgehead atoms. The second kappa shape index (κ2) is 7.51. The van der Waals surface area contributed by atoms with Gasteiger partial charge in [0.1, 0.15) is 5.54 Å². The quantitative estimate of drug-likeness (QED) is 0.810. The standard InChI is InChI=1S/C19H25N3O3/c1-5-11-19(4,18(24)25)20-17(23)12-16-13(2)21-22(14(16)3)15-9-7-6-8-10-15/h6-10H,5,11-12H2,1-4H3,(H,20,23)(H,24,25). The summed E-state index contributed by atoms with van der Waals surface area (Å²) in [6, 6.07) is 9.70. The van der Waals surface area contributed by atoms with Crippen molar-refractivity contribution in [3.05, 3.63) is 47.3 Å². The normalized spacial score (nSPS) is 13.3. The summed E-state index contributed by atoms with van der Waals surface area (Å²) >= 11 is 0. The predicted octanol–water partition coefficient (Wildman–Crippen LogP) is 2.79. The third-order valence-corrected chi connectivity index (χ3v) is 4.42. The van der Waals surface area contributed by atoms with E-state index in [2.05, 4.69) is 10.4 Å². The lowest BCUT2D eigenvalue weighted by Crippen LogP contribution is -2.52. The van der Waals surface area contributed by atoms with Crippen LogP contribution in [0.1, 0.15) is 43.6 Å². The van der Waals surface area contributed by atoms with E-state index >= 15 is 0 Å². The Bertz CT molecular complexity index is 768. The van der Waals surface area contributed by atoms with Crippen LogP contribution in [0.3, 0.4) is 0 Å². The zero-order valence-electron chi connectivity index (χ0n) is 15.2. The molecule has 1 heterocycles. The molecule has 0 saturated heterocycles. The van der Waals surface area contributed by atoms with Crippen molar-refractivity contribution in [3.63, 3.8) is 0 Å². The molecule has 134 valence electrons. The van der Waals surface area contributed by atoms with E-state index in [-0.39, 0.29) is 12.3 Å². The van der Waals surface area contributed by atoms with Gasteiger partial charge in [-0.2, -0.15) is 5.10 Å². The lowest BCUT2D eigenvalue weighted by atomic mass is 9.95. The number of hydrogen-bond acceptors (Lipinski definition) is 3. The summed E-state index contributed by atoms with van der Waals surface area (Å²) in [6.45, 7) is 7.21. The molecule has 0 fully saturated rings. The molecule has 0 aliphatic carbocycles. The zero-order valence-corrected chi connectivity index (χ0v) is 15.2. The fourth-order valence-corrected chi connectivity index (χ4v) is 2.99. The van der Waals surface area contributed by atoms with Crippen LogP contribution in [0.2, 0.25) is 0 Å². The SMILES string of the molecule is CCCC(C)(NC(=O)Cc1c(C)nn(-c2ccccc2)c1C)C(=O)O. The summed E-state index contributed by atoms with van der Waals surface area (Å²) in [7, 11) is 0. The van der Waals surface area contributed by atoms with E-state index in [1.54, 1.807) is 11.6 Å². The summed E-state index contributed by atoms with van der Waals surface area (Å²) in [5.74, 6) is -1.33. The van der Waals surface area contributed by atoms with Gasteiger partial charge in [-0.25, -0.2) is 9.48 Å². The molecule has 0 spiro atoms. The number of carboxylic acids is 1. The highest BCUT2D eigenvalue weighted by molar-refractivity contribution is 5.87. The van der Waals surface area contributed by atoms with Gasteiger partial charge in [0.15, 0.2) is 0 Å². The molecule has 1 unspecified atom stereocenters. The zero-order chi connectivity index (χ0) is 18.6. The van der Waals surface area contributed by atoms with E-state index < -0.39 is 11.5 Å². The van der Waals surface area contributed by atoms with Crippen LogP contribution >= 0.6 is 0 Å². The second-order valence-electron chi connectivity index (χ2n) is 6.51. The topological polar surface area (TPSA) is 84.2 Å². The minimum atomic E-state index is -1.25. The van der Waals surface area contributed by atoms with Crippen molar-refractivity contribution in [3.8, 4) is 5.69 Å². The van der Waals surface area contributed by atoms with Gasteiger partial charge in [0.05, 0.1) is 17.8 Å². The lowest BCUT2D eigenvalue weighted by molar-refractivity contribution is -0.147. The summed E-state index contributed by atoms with van der Waals surface area (Å²) in [4.78, 5) is 23.9. The Balaban J connectivity index is 2.22. The Morgan fingerprint density at radius 1 is 1.24 bits per heavy atom. The van der Waals surface area contributed by atoms with Crippen LogP contribution in [0.25, 0.3) is 5.69 Å². The molecule has 25 heavy (non-hydrogen) atoms. The number of carbonyl (C=O) groups is 2. The highest BCUT2D eigenvalue weighted by Gasteiger charge is 2.34. The second-order valence-corrected chi connectivity index (χ2v) is 6.51. The first-order valence-electron chi connectivity index (χ1n) is 8.43. The fraction of sp³-hybridized carbons (Fsp3) is 0.421. The highest BCUT2D eigenvalue weighted by atomic mass is 16.4. The van der Waals surface area contributed by atoms with Gasteiger partial charge in [0.2, 0.25) is 5.91 Å². The van der Waals surface area contributed by atoms with Crippen molar-refractivity contribution in [2.45, 2.75) is 52.5 Å². The summed E-state index contributed by atoms with van der Waals surface area (Å²) in [5, 5.41) is 16.6. The number of amides is 1. The van der Waals surface area contributed by atoms with Crippen molar-refractivity contribution in [1.29, 1.82) is 0 Å². The smallest absolute Gasteiger partial charge is 0.329 e. The molecule has 1 aromatic heterocycles. The molecule has 1 amide bonds. The first kappa shape index (κ1) is 18.7. The van der Waals surface area contributed by atoms with Crippen LogP contribution in [0, 0.1) is 13.8 Å². The molecule has 2 rings (SSSR count). The number of nitrogens with one attached hydrogen (secondary N) is 1. The number of rotatable bonds is 7. The van der Waals surface area contributed by atoms with Crippen LogP contribution in [-0.2, 0) is 16.0 Å². The molecular weight excluding hydrogens is 318 g/mol. The van der Waals surface area contributed by atoms with E-state index in [0.717, 1.165) is 22.6 Å². The molecule has 6 nitrogen and oxygen atoms in total. The first-order valence-corrected chi connectivity index (χ1v) is 8.43. The lowest BCUT2D eigenvalue weighted by Gasteiger charge is -2.25. The van der Waals surface area contributed by atoms with Gasteiger partial charge in [-0.15, -0.1) is 0 Å². The van der Waals surface area contributed by atoms with E-state index in [0.29, 0.717) is 12.8 Å². The molecule has 1 aromatic carbocycles. The number of nitrogens with zero attached hydrogens (tertiary/aromatic N) is 2. The maximum Gasteiger partial charge on any atom is 0.329 e. The van der Waals surface area contributed by atoms with Crippen molar-refractivity contribution >= 4 is 11.9 Å². The van der Waals surface area contributed by atoms with Gasteiger partial charge < -0.3 is 10.4 Å². The number of aliphatic carboxylic acids is 1. The summed E-state index contributed by atoms with van der Waals surface area (Å²) in [6.07, 6.45) is 1.17. The highest BCUT2D eigenvalue weighted by Crippen LogP contribution is 2.19. The Hall–Kier alpha value is -2.63. The Morgan fingerprint density at radius 3 is 2.44 bits per heavy atom. The number of benzene rings is 1. The minimum Gasteiger partial charge on any atom is -0.480 e. The van der Waals surface area contributed by atoms with Crippen molar-refractivity contribution < 1.29 is 14.7 Å². The van der Waals surface area contributed by atoms with E-state index in [4.69, 9.17) is 0 Å². The van der Waals surface area contributed by atoms with Gasteiger partial charge in [-0.05, 0) is 39.3 Å². The third kappa shape index (κ3) is 4.07. The molecule has 0 aliphatic heterocycles. The van der Waals surface area contributed by atoms with E-state index in [9.17, 15) is 14.7 Å². The monoisotopic (exact) mass is 343 g/mol. The number of aryl methyl sites for hydroxylation is 1. The molecule has 0 aliphatic rings. The molecule has 2 N–H and O–H groups in total. The average molecular weight is 343 g/mol. The third-order valence-electron chi connectivity index (χ3n) is 4.42. The Morgan fingerprint density at radius 2 is 1.88 bits per heavy atom. The van der Waals surface area contributed by atoms with Gasteiger partial charge in [-0.3, -0.25) is 4.79 Å². The van der Waals surface area contributed by atoms with Crippen LogP contribution in [0.5, 0.6) is 0 Å². The van der Waals surface area contributed by atoms with Gasteiger partial charge in [-0.1, -0.05) is 31.5 Å². The van der Waals surface area contributed by atoms with Crippen molar-refractivity contribution in [1.82, 2.24) is 15.1 Å². The summed E-state index contributed by atoms with van der Waals surface area (Å²) < 4.78 is 1.81. The van der Waals surface area contributed by atoms with Crippen LogP contribution < -0.4 is 5.32 Å². The van der Waals surface area contributed by atoms with Crippen molar-refractivity contribution in [2.75, 3.05) is 0 Å². The minimum absolute atomic E-state index is 0.108. The Labute approximate surface area is 147 Å². The van der Waals surface area contributed by atoms with E-state index in [1.807, 2.05) is 51.1 Å². The molecule has 2 aromatic rings. The number of hydrogen-bond donors (Lipinski definition) is 2. The first-order chi connectivity index (χ1) is 11.8. The predicted molar refractivity (Wildman–Crippen MR) is 95.8 cm³/mol. The molecule has 6 heteroatoms. The molecule has 0 radical (unpaired) electrons. The van der Waals surface area contributed by atoms with Crippen LogP contribution in [-0.4, -0.2) is 32.3 Å². The van der Waals surface area contributed by atoms with Gasteiger partial charge in [0, 0.05) is 11.3 Å². The summed E-state index contributed by atoms with van der Waals surface area (Å²) in [5.41, 5.74) is 2.15. The number of carboxylic acid groups (broad SMARTS) is 1. The molecule has 0 saturated carbocycles. The van der Waals surface area contributed by atoms with Crippen LogP contribution in [0.15, 0.2) is 30.3 Å². The maximum absolute atomic E-state index is 12.4. The van der Waals surface area contributed by atoms with Gasteiger partial charge in [0.25, 0.3) is 0 Å². The average Bonchev–Trinajstić information content (AvgIpc) is 2.84. The van der Waals surface area contributed by atoms with Gasteiger partial charge >= 0.3 is 5.97 Å². The number of para-hydroxylation sites is 1.